The molecule has 1 aromatic carbocycles. The Labute approximate surface area is 104 Å². The number of hydrogen-bond donors (Lipinski definition) is 1. The summed E-state index contributed by atoms with van der Waals surface area (Å²) in [5, 5.41) is 3.43. The van der Waals surface area contributed by atoms with E-state index in [9.17, 15) is 0 Å². The summed E-state index contributed by atoms with van der Waals surface area (Å²) in [7, 11) is 1.75. The van der Waals surface area contributed by atoms with Crippen molar-refractivity contribution in [3.8, 4) is 5.75 Å². The lowest BCUT2D eigenvalue weighted by Gasteiger charge is -2.30. The highest BCUT2D eigenvalue weighted by atomic mass is 35.5. The van der Waals surface area contributed by atoms with Gasteiger partial charge in [-0.2, -0.15) is 0 Å². The van der Waals surface area contributed by atoms with Gasteiger partial charge in [0.15, 0.2) is 0 Å². The van der Waals surface area contributed by atoms with Gasteiger partial charge in [0.2, 0.25) is 0 Å². The van der Waals surface area contributed by atoms with E-state index in [1.165, 1.54) is 12.0 Å². The maximum Gasteiger partial charge on any atom is 0.122 e. The van der Waals surface area contributed by atoms with Crippen LogP contribution in [-0.4, -0.2) is 20.2 Å². The van der Waals surface area contributed by atoms with E-state index in [1.807, 2.05) is 6.07 Å². The first-order valence-electron chi connectivity index (χ1n) is 5.66. The fraction of sp³-hybridized carbons (Fsp3) is 0.538. The van der Waals surface area contributed by atoms with Crippen molar-refractivity contribution in [2.75, 3.05) is 20.2 Å². The van der Waals surface area contributed by atoms with E-state index in [4.69, 9.17) is 4.74 Å². The van der Waals surface area contributed by atoms with Crippen LogP contribution in [0.15, 0.2) is 24.3 Å². The fourth-order valence-electron chi connectivity index (χ4n) is 2.45. The van der Waals surface area contributed by atoms with Crippen molar-refractivity contribution in [2.24, 2.45) is 5.92 Å². The van der Waals surface area contributed by atoms with Gasteiger partial charge in [0.05, 0.1) is 7.11 Å². The second kappa shape index (κ2) is 6.12. The van der Waals surface area contributed by atoms with E-state index < -0.39 is 0 Å². The smallest absolute Gasteiger partial charge is 0.122 e. The average Bonchev–Trinajstić information content (AvgIpc) is 2.30. The fourth-order valence-corrected chi connectivity index (χ4v) is 2.45. The topological polar surface area (TPSA) is 21.3 Å². The van der Waals surface area contributed by atoms with Crippen molar-refractivity contribution in [1.82, 2.24) is 5.32 Å². The van der Waals surface area contributed by atoms with Crippen molar-refractivity contribution in [1.29, 1.82) is 0 Å². The molecule has 1 heterocycles. The van der Waals surface area contributed by atoms with Crippen LogP contribution in [0.1, 0.15) is 24.8 Å². The largest absolute Gasteiger partial charge is 0.496 e. The Morgan fingerprint density at radius 1 is 1.31 bits per heavy atom. The minimum absolute atomic E-state index is 0. The molecule has 0 aliphatic carbocycles. The number of para-hydroxylation sites is 1. The van der Waals surface area contributed by atoms with Crippen molar-refractivity contribution in [3.63, 3.8) is 0 Å². The number of rotatable bonds is 2. The molecule has 3 heteroatoms. The third-order valence-electron chi connectivity index (χ3n) is 3.32. The Morgan fingerprint density at radius 2 is 2.06 bits per heavy atom. The molecular weight excluding hydrogens is 222 g/mol. The van der Waals surface area contributed by atoms with Crippen LogP contribution >= 0.6 is 12.4 Å². The van der Waals surface area contributed by atoms with Crippen LogP contribution in [0.5, 0.6) is 5.75 Å². The van der Waals surface area contributed by atoms with Crippen LogP contribution in [0.4, 0.5) is 0 Å². The van der Waals surface area contributed by atoms with Gasteiger partial charge in [-0.1, -0.05) is 25.1 Å². The van der Waals surface area contributed by atoms with Crippen LogP contribution in [0.3, 0.4) is 0 Å². The minimum Gasteiger partial charge on any atom is -0.496 e. The molecule has 1 aromatic rings. The van der Waals surface area contributed by atoms with Gasteiger partial charge in [0.1, 0.15) is 5.75 Å². The van der Waals surface area contributed by atoms with Crippen LogP contribution < -0.4 is 10.1 Å². The van der Waals surface area contributed by atoms with Gasteiger partial charge in [-0.25, -0.2) is 0 Å². The van der Waals surface area contributed by atoms with E-state index in [1.54, 1.807) is 7.11 Å². The first-order valence-corrected chi connectivity index (χ1v) is 5.66. The molecule has 2 atom stereocenters. The highest BCUT2D eigenvalue weighted by molar-refractivity contribution is 5.85. The Hall–Kier alpha value is -0.730. The Morgan fingerprint density at radius 3 is 2.75 bits per heavy atom. The standard InChI is InChI=1S/C13H19NO.ClH/c1-10-9-14-8-7-11(10)12-5-3-4-6-13(12)15-2;/h3-6,10-11,14H,7-9H2,1-2H3;1H. The van der Waals surface area contributed by atoms with Crippen LogP contribution in [0, 0.1) is 5.92 Å². The number of benzene rings is 1. The molecule has 2 nitrogen and oxygen atoms in total. The van der Waals surface area contributed by atoms with E-state index >= 15 is 0 Å². The quantitative estimate of drug-likeness (QED) is 0.860. The van der Waals surface area contributed by atoms with Crippen LogP contribution in [-0.2, 0) is 0 Å². The second-order valence-corrected chi connectivity index (χ2v) is 4.32. The molecule has 1 fully saturated rings. The molecule has 2 rings (SSSR count). The first-order chi connectivity index (χ1) is 7.33. The predicted octanol–water partition coefficient (Wildman–Crippen LogP) is 2.83. The summed E-state index contributed by atoms with van der Waals surface area (Å²) in [5.74, 6) is 2.37. The molecule has 0 spiro atoms. The van der Waals surface area contributed by atoms with E-state index in [0.29, 0.717) is 11.8 Å². The molecule has 1 aliphatic heterocycles. The lowest BCUT2D eigenvalue weighted by molar-refractivity contribution is 0.334. The van der Waals surface area contributed by atoms with Gasteiger partial charge in [0, 0.05) is 0 Å². The molecule has 0 amide bonds. The molecule has 1 aliphatic rings. The summed E-state index contributed by atoms with van der Waals surface area (Å²) in [4.78, 5) is 0. The van der Waals surface area contributed by atoms with Crippen molar-refractivity contribution in [3.05, 3.63) is 29.8 Å². The minimum atomic E-state index is 0. The predicted molar refractivity (Wildman–Crippen MR) is 69.6 cm³/mol. The Balaban J connectivity index is 0.00000128. The summed E-state index contributed by atoms with van der Waals surface area (Å²) in [5.41, 5.74) is 1.37. The lowest BCUT2D eigenvalue weighted by atomic mass is 9.82. The van der Waals surface area contributed by atoms with Gasteiger partial charge in [-0.05, 0) is 43.0 Å². The lowest BCUT2D eigenvalue weighted by Crippen LogP contribution is -2.33. The van der Waals surface area contributed by atoms with Crippen LogP contribution in [0.25, 0.3) is 0 Å². The number of halogens is 1. The Bertz CT molecular complexity index is 329. The maximum atomic E-state index is 5.43. The van der Waals surface area contributed by atoms with Gasteiger partial charge in [-0.15, -0.1) is 12.4 Å². The van der Waals surface area contributed by atoms with Gasteiger partial charge in [0.25, 0.3) is 0 Å². The summed E-state index contributed by atoms with van der Waals surface area (Å²) in [6.45, 7) is 4.54. The summed E-state index contributed by atoms with van der Waals surface area (Å²) < 4.78 is 5.43. The van der Waals surface area contributed by atoms with Crippen molar-refractivity contribution >= 4 is 12.4 Å². The second-order valence-electron chi connectivity index (χ2n) is 4.32. The summed E-state index contributed by atoms with van der Waals surface area (Å²) in [6, 6.07) is 8.40. The third-order valence-corrected chi connectivity index (χ3v) is 3.32. The molecule has 90 valence electrons. The first kappa shape index (κ1) is 13.3. The highest BCUT2D eigenvalue weighted by Crippen LogP contribution is 2.35. The number of nitrogens with one attached hydrogen (secondary N) is 1. The van der Waals surface area contributed by atoms with Gasteiger partial charge in [-0.3, -0.25) is 0 Å². The molecule has 1 saturated heterocycles. The number of piperidine rings is 1. The molecule has 0 bridgehead atoms. The number of methoxy groups -OCH3 is 1. The van der Waals surface area contributed by atoms with Crippen molar-refractivity contribution in [2.45, 2.75) is 19.3 Å². The number of hydrogen-bond acceptors (Lipinski definition) is 2. The SMILES string of the molecule is COc1ccccc1C1CCNCC1C.Cl. The monoisotopic (exact) mass is 241 g/mol. The average molecular weight is 242 g/mol. The van der Waals surface area contributed by atoms with Crippen LogP contribution in [0.2, 0.25) is 0 Å². The molecular formula is C13H20ClNO. The summed E-state index contributed by atoms with van der Waals surface area (Å²) >= 11 is 0. The zero-order valence-electron chi connectivity index (χ0n) is 9.90. The third kappa shape index (κ3) is 2.69. The van der Waals surface area contributed by atoms with E-state index in [-0.39, 0.29) is 12.4 Å². The van der Waals surface area contributed by atoms with E-state index in [2.05, 4.69) is 30.4 Å². The van der Waals surface area contributed by atoms with E-state index in [0.717, 1.165) is 18.8 Å². The normalized spacial score (nSPS) is 24.6. The number of ether oxygens (including phenoxy) is 1. The molecule has 2 unspecified atom stereocenters. The van der Waals surface area contributed by atoms with Gasteiger partial charge < -0.3 is 10.1 Å². The molecule has 0 saturated carbocycles. The highest BCUT2D eigenvalue weighted by Gasteiger charge is 2.24. The van der Waals surface area contributed by atoms with Crippen molar-refractivity contribution < 1.29 is 4.74 Å². The molecule has 16 heavy (non-hydrogen) atoms. The zero-order valence-corrected chi connectivity index (χ0v) is 10.7. The zero-order chi connectivity index (χ0) is 10.7. The molecule has 0 radical (unpaired) electrons. The molecule has 0 aromatic heterocycles. The molecule has 1 N–H and O–H groups in total. The summed E-state index contributed by atoms with van der Waals surface area (Å²) in [6.07, 6.45) is 1.21. The maximum absolute atomic E-state index is 5.43. The van der Waals surface area contributed by atoms with Gasteiger partial charge >= 0.3 is 0 Å². The Kier molecular flexibility index (Phi) is 5.10.